The first-order valence-corrected chi connectivity index (χ1v) is 10.7. The van der Waals surface area contributed by atoms with E-state index >= 15 is 0 Å². The number of anilines is 2. The molecule has 1 spiro atoms. The average Bonchev–Trinajstić information content (AvgIpc) is 3.45. The van der Waals surface area contributed by atoms with Gasteiger partial charge in [-0.25, -0.2) is 9.29 Å². The molecule has 158 valence electrons. The van der Waals surface area contributed by atoms with Crippen LogP contribution in [0, 0.1) is 31.5 Å². The van der Waals surface area contributed by atoms with Crippen LogP contribution in [0.1, 0.15) is 29.5 Å². The molecule has 4 aliphatic heterocycles. The molecule has 1 N–H and O–H groups in total. The maximum absolute atomic E-state index is 14.6. The van der Waals surface area contributed by atoms with Gasteiger partial charge in [0.1, 0.15) is 11.4 Å². The first-order chi connectivity index (χ1) is 14.9. The van der Waals surface area contributed by atoms with E-state index in [0.717, 1.165) is 40.1 Å². The first kappa shape index (κ1) is 18.7. The van der Waals surface area contributed by atoms with Gasteiger partial charge in [0.05, 0.1) is 17.5 Å². The largest absolute Gasteiger partial charge is 0.324 e. The summed E-state index contributed by atoms with van der Waals surface area (Å²) in [7, 11) is 0. The van der Waals surface area contributed by atoms with Crippen molar-refractivity contribution < 1.29 is 18.8 Å². The van der Waals surface area contributed by atoms with Crippen molar-refractivity contribution in [3.8, 4) is 0 Å². The standard InChI is InChI=1S/C24H22FN3O3/c1-12-9-10-14-20(13(12)2)26-23(31)24(14)19-18(17-8-5-11-27(17)24)21(29)28(22(19)30)16-7-4-3-6-15(16)25/h3-4,6-7,9-10,17-19H,5,8,11H2,1-2H3,(H,26,31)/t17-,18-,19+,24+/m1/s1. The quantitative estimate of drug-likeness (QED) is 0.722. The van der Waals surface area contributed by atoms with Gasteiger partial charge >= 0.3 is 0 Å². The van der Waals surface area contributed by atoms with Gasteiger partial charge in [-0.1, -0.05) is 24.3 Å². The minimum Gasteiger partial charge on any atom is -0.324 e. The second-order valence-electron chi connectivity index (χ2n) is 9.02. The summed E-state index contributed by atoms with van der Waals surface area (Å²) in [5, 5.41) is 3.03. The van der Waals surface area contributed by atoms with Crippen molar-refractivity contribution in [3.63, 3.8) is 0 Å². The molecule has 0 aliphatic carbocycles. The van der Waals surface area contributed by atoms with Crippen LogP contribution in [0.2, 0.25) is 0 Å². The fraction of sp³-hybridized carbons (Fsp3) is 0.375. The highest BCUT2D eigenvalue weighted by atomic mass is 19.1. The number of aryl methyl sites for hydroxylation is 1. The Labute approximate surface area is 179 Å². The van der Waals surface area contributed by atoms with Gasteiger partial charge in [0.25, 0.3) is 0 Å². The number of rotatable bonds is 1. The predicted octanol–water partition coefficient (Wildman–Crippen LogP) is 2.87. The van der Waals surface area contributed by atoms with Gasteiger partial charge in [0.15, 0.2) is 0 Å². The summed E-state index contributed by atoms with van der Waals surface area (Å²) < 4.78 is 14.6. The van der Waals surface area contributed by atoms with Crippen LogP contribution in [0.3, 0.4) is 0 Å². The SMILES string of the molecule is Cc1ccc2c(c1C)NC(=O)[C@@]21[C@@H]2C(=O)N(c3ccccc3F)C(=O)[C@@H]2[C@H]2CCCN21. The molecule has 4 aliphatic rings. The highest BCUT2D eigenvalue weighted by Crippen LogP contribution is 2.61. The zero-order chi connectivity index (χ0) is 21.7. The number of hydrogen-bond acceptors (Lipinski definition) is 4. The van der Waals surface area contributed by atoms with Crippen molar-refractivity contribution in [2.45, 2.75) is 38.3 Å². The van der Waals surface area contributed by atoms with Crippen LogP contribution in [-0.2, 0) is 19.9 Å². The Kier molecular flexibility index (Phi) is 3.62. The molecule has 6 rings (SSSR count). The number of halogens is 1. The van der Waals surface area contributed by atoms with Crippen LogP contribution in [0.5, 0.6) is 0 Å². The number of nitrogens with zero attached hydrogens (tertiary/aromatic N) is 2. The minimum absolute atomic E-state index is 0.0367. The Morgan fingerprint density at radius 3 is 2.61 bits per heavy atom. The Morgan fingerprint density at radius 1 is 1.06 bits per heavy atom. The molecule has 3 fully saturated rings. The molecule has 0 aromatic heterocycles. The maximum atomic E-state index is 14.6. The molecule has 2 aromatic carbocycles. The second-order valence-corrected chi connectivity index (χ2v) is 9.02. The number of fused-ring (bicyclic) bond motifs is 7. The van der Waals surface area contributed by atoms with Gasteiger partial charge in [-0.05, 0) is 56.5 Å². The number of carbonyl (C=O) groups excluding carboxylic acids is 3. The lowest BCUT2D eigenvalue weighted by Gasteiger charge is -2.36. The van der Waals surface area contributed by atoms with E-state index in [2.05, 4.69) is 10.2 Å². The summed E-state index contributed by atoms with van der Waals surface area (Å²) in [5.74, 6) is -3.30. The maximum Gasteiger partial charge on any atom is 0.250 e. The van der Waals surface area contributed by atoms with E-state index in [9.17, 15) is 18.8 Å². The summed E-state index contributed by atoms with van der Waals surface area (Å²) in [6, 6.07) is 9.48. The highest BCUT2D eigenvalue weighted by molar-refractivity contribution is 6.26. The lowest BCUT2D eigenvalue weighted by molar-refractivity contribution is -0.135. The smallest absolute Gasteiger partial charge is 0.250 e. The Hall–Kier alpha value is -3.06. The average molecular weight is 419 g/mol. The summed E-state index contributed by atoms with van der Waals surface area (Å²) in [4.78, 5) is 44.0. The molecule has 4 heterocycles. The fourth-order valence-corrected chi connectivity index (χ4v) is 6.39. The van der Waals surface area contributed by atoms with Gasteiger partial charge < -0.3 is 5.32 Å². The number of para-hydroxylation sites is 1. The minimum atomic E-state index is -1.23. The highest BCUT2D eigenvalue weighted by Gasteiger charge is 2.74. The van der Waals surface area contributed by atoms with E-state index in [1.807, 2.05) is 26.0 Å². The molecule has 3 saturated heterocycles. The van der Waals surface area contributed by atoms with Crippen molar-refractivity contribution >= 4 is 29.1 Å². The number of carbonyl (C=O) groups is 3. The molecule has 0 bridgehead atoms. The molecule has 6 nitrogen and oxygen atoms in total. The molecule has 0 saturated carbocycles. The van der Waals surface area contributed by atoms with Gasteiger partial charge in [-0.2, -0.15) is 0 Å². The molecular weight excluding hydrogens is 397 g/mol. The van der Waals surface area contributed by atoms with Crippen molar-refractivity contribution in [2.24, 2.45) is 11.8 Å². The number of benzene rings is 2. The Bertz CT molecular complexity index is 1190. The van der Waals surface area contributed by atoms with Crippen LogP contribution in [-0.4, -0.2) is 35.2 Å². The third-order valence-corrected chi connectivity index (χ3v) is 7.79. The van der Waals surface area contributed by atoms with Crippen molar-refractivity contribution in [2.75, 3.05) is 16.8 Å². The first-order valence-electron chi connectivity index (χ1n) is 10.7. The monoisotopic (exact) mass is 419 g/mol. The van der Waals surface area contributed by atoms with Gasteiger partial charge in [0, 0.05) is 17.3 Å². The van der Waals surface area contributed by atoms with Crippen molar-refractivity contribution in [1.82, 2.24) is 4.90 Å². The molecular formula is C24H22FN3O3. The van der Waals surface area contributed by atoms with Crippen LogP contribution < -0.4 is 10.2 Å². The van der Waals surface area contributed by atoms with Crippen LogP contribution >= 0.6 is 0 Å². The van der Waals surface area contributed by atoms with Crippen LogP contribution in [0.15, 0.2) is 36.4 Å². The van der Waals surface area contributed by atoms with Gasteiger partial charge in [0.2, 0.25) is 17.7 Å². The normalized spacial score (nSPS) is 31.4. The fourth-order valence-electron chi connectivity index (χ4n) is 6.39. The summed E-state index contributed by atoms with van der Waals surface area (Å²) in [6.07, 6.45) is 1.59. The van der Waals surface area contributed by atoms with E-state index < -0.39 is 35.0 Å². The topological polar surface area (TPSA) is 69.7 Å². The lowest BCUT2D eigenvalue weighted by Crippen LogP contribution is -2.54. The Morgan fingerprint density at radius 2 is 1.84 bits per heavy atom. The number of nitrogens with one attached hydrogen (secondary N) is 1. The van der Waals surface area contributed by atoms with Crippen molar-refractivity contribution in [3.05, 3.63) is 58.9 Å². The number of hydrogen-bond donors (Lipinski definition) is 1. The molecule has 7 heteroatoms. The van der Waals surface area contributed by atoms with E-state index in [0.29, 0.717) is 6.54 Å². The number of imide groups is 1. The summed E-state index contributed by atoms with van der Waals surface area (Å²) >= 11 is 0. The van der Waals surface area contributed by atoms with E-state index in [-0.39, 0.29) is 17.6 Å². The van der Waals surface area contributed by atoms with E-state index in [4.69, 9.17) is 0 Å². The molecule has 0 unspecified atom stereocenters. The second kappa shape index (κ2) is 6.01. The molecule has 2 aromatic rings. The third kappa shape index (κ3) is 2.03. The number of amides is 3. The Balaban J connectivity index is 1.59. The van der Waals surface area contributed by atoms with Crippen molar-refractivity contribution in [1.29, 1.82) is 0 Å². The zero-order valence-electron chi connectivity index (χ0n) is 17.3. The third-order valence-electron chi connectivity index (χ3n) is 7.79. The van der Waals surface area contributed by atoms with Gasteiger partial charge in [-0.15, -0.1) is 0 Å². The van der Waals surface area contributed by atoms with Crippen LogP contribution in [0.25, 0.3) is 0 Å². The molecule has 0 radical (unpaired) electrons. The summed E-state index contributed by atoms with van der Waals surface area (Å²) in [5.41, 5.74) is 2.24. The summed E-state index contributed by atoms with van der Waals surface area (Å²) in [6.45, 7) is 4.58. The predicted molar refractivity (Wildman–Crippen MR) is 112 cm³/mol. The lowest BCUT2D eigenvalue weighted by atomic mass is 9.75. The zero-order valence-corrected chi connectivity index (χ0v) is 17.3. The van der Waals surface area contributed by atoms with Crippen LogP contribution in [0.4, 0.5) is 15.8 Å². The molecule has 4 atom stereocenters. The molecule has 31 heavy (non-hydrogen) atoms. The van der Waals surface area contributed by atoms with E-state index in [1.165, 1.54) is 18.2 Å². The van der Waals surface area contributed by atoms with Gasteiger partial charge in [-0.3, -0.25) is 19.3 Å². The van der Waals surface area contributed by atoms with E-state index in [1.54, 1.807) is 6.07 Å². The molecule has 3 amide bonds.